The van der Waals surface area contributed by atoms with Crippen LogP contribution in [0.4, 0.5) is 0 Å². The highest BCUT2D eigenvalue weighted by Crippen LogP contribution is 2.19. The minimum atomic E-state index is -0.628. The zero-order valence-corrected chi connectivity index (χ0v) is 13.6. The van der Waals surface area contributed by atoms with Crippen LogP contribution in [0.15, 0.2) is 15.8 Å². The summed E-state index contributed by atoms with van der Waals surface area (Å²) in [4.78, 5) is 49.8. The van der Waals surface area contributed by atoms with Crippen molar-refractivity contribution in [3.8, 4) is 0 Å². The second-order valence-electron chi connectivity index (χ2n) is 5.64. The number of likely N-dealkylation sites (tertiary alicyclic amines) is 1. The lowest BCUT2D eigenvalue weighted by Crippen LogP contribution is -2.47. The fraction of sp³-hybridized carbons (Fsp3) is 0.600. The molecule has 1 fully saturated rings. The average Bonchev–Trinajstić information content (AvgIpc) is 2.56. The van der Waals surface area contributed by atoms with Crippen molar-refractivity contribution < 1.29 is 14.3 Å². The Labute approximate surface area is 133 Å². The molecule has 0 bridgehead atoms. The number of carbonyl (C=O) groups excluding carboxylic acids is 2. The number of carbonyl (C=O) groups is 2. The molecule has 8 heteroatoms. The molecule has 0 N–H and O–H groups in total. The van der Waals surface area contributed by atoms with E-state index in [4.69, 9.17) is 4.74 Å². The summed E-state index contributed by atoms with van der Waals surface area (Å²) in [6.45, 7) is 2.73. The lowest BCUT2D eigenvalue weighted by molar-refractivity contribution is -0.149. The molecular formula is C15H21N3O5. The number of hydrogen-bond donors (Lipinski definition) is 0. The molecule has 1 amide bonds. The number of esters is 1. The van der Waals surface area contributed by atoms with E-state index < -0.39 is 17.2 Å². The highest BCUT2D eigenvalue weighted by atomic mass is 16.5. The van der Waals surface area contributed by atoms with Gasteiger partial charge in [-0.25, -0.2) is 4.79 Å². The summed E-state index contributed by atoms with van der Waals surface area (Å²) >= 11 is 0. The van der Waals surface area contributed by atoms with Crippen LogP contribution in [0.3, 0.4) is 0 Å². The maximum Gasteiger partial charge on any atom is 0.330 e. The number of aryl methyl sites for hydroxylation is 1. The van der Waals surface area contributed by atoms with Crippen molar-refractivity contribution in [1.82, 2.24) is 14.0 Å². The minimum Gasteiger partial charge on any atom is -0.466 e. The van der Waals surface area contributed by atoms with Crippen molar-refractivity contribution in [2.24, 2.45) is 20.0 Å². The molecule has 23 heavy (non-hydrogen) atoms. The van der Waals surface area contributed by atoms with E-state index in [2.05, 4.69) is 0 Å². The summed E-state index contributed by atoms with van der Waals surface area (Å²) < 4.78 is 7.10. The van der Waals surface area contributed by atoms with Crippen molar-refractivity contribution >= 4 is 11.9 Å². The third-order valence-electron chi connectivity index (χ3n) is 4.01. The van der Waals surface area contributed by atoms with Crippen LogP contribution < -0.4 is 11.2 Å². The predicted molar refractivity (Wildman–Crippen MR) is 82.2 cm³/mol. The van der Waals surface area contributed by atoms with Crippen molar-refractivity contribution in [1.29, 1.82) is 0 Å². The van der Waals surface area contributed by atoms with E-state index in [0.717, 1.165) is 4.57 Å². The molecule has 0 spiro atoms. The third kappa shape index (κ3) is 3.35. The van der Waals surface area contributed by atoms with Crippen molar-refractivity contribution in [3.63, 3.8) is 0 Å². The molecule has 1 aliphatic rings. The first-order valence-electron chi connectivity index (χ1n) is 7.59. The van der Waals surface area contributed by atoms with Crippen molar-refractivity contribution in [2.45, 2.75) is 19.8 Å². The molecule has 0 aromatic carbocycles. The molecule has 1 saturated heterocycles. The lowest BCUT2D eigenvalue weighted by Gasteiger charge is -2.31. The summed E-state index contributed by atoms with van der Waals surface area (Å²) in [6.07, 6.45) is 2.58. The Balaban J connectivity index is 2.26. The second kappa shape index (κ2) is 6.80. The van der Waals surface area contributed by atoms with E-state index in [1.54, 1.807) is 6.92 Å². The highest BCUT2D eigenvalue weighted by molar-refractivity contribution is 5.94. The Kier molecular flexibility index (Phi) is 5.02. The zero-order chi connectivity index (χ0) is 17.1. The first kappa shape index (κ1) is 17.0. The van der Waals surface area contributed by atoms with E-state index in [1.165, 1.54) is 29.8 Å². The number of hydrogen-bond acceptors (Lipinski definition) is 5. The van der Waals surface area contributed by atoms with Gasteiger partial charge in [0.1, 0.15) is 5.56 Å². The largest absolute Gasteiger partial charge is 0.466 e. The average molecular weight is 323 g/mol. The lowest BCUT2D eigenvalue weighted by atomic mass is 9.97. The van der Waals surface area contributed by atoms with Crippen LogP contribution in [0.5, 0.6) is 0 Å². The Morgan fingerprint density at radius 1 is 1.30 bits per heavy atom. The topological polar surface area (TPSA) is 90.6 Å². The summed E-state index contributed by atoms with van der Waals surface area (Å²) in [5.41, 5.74) is -1.19. The molecule has 1 atom stereocenters. The molecule has 1 aliphatic heterocycles. The minimum absolute atomic E-state index is 0.0703. The van der Waals surface area contributed by atoms with Gasteiger partial charge in [-0.1, -0.05) is 0 Å². The molecule has 1 aromatic heterocycles. The Morgan fingerprint density at radius 3 is 2.65 bits per heavy atom. The maximum atomic E-state index is 12.6. The normalized spacial score (nSPS) is 17.9. The number of piperidine rings is 1. The first-order chi connectivity index (χ1) is 10.9. The van der Waals surface area contributed by atoms with Gasteiger partial charge in [0.15, 0.2) is 0 Å². The number of amides is 1. The quantitative estimate of drug-likeness (QED) is 0.700. The van der Waals surface area contributed by atoms with Crippen molar-refractivity contribution in [3.05, 3.63) is 32.6 Å². The van der Waals surface area contributed by atoms with E-state index >= 15 is 0 Å². The molecule has 2 heterocycles. The van der Waals surface area contributed by atoms with Crippen LogP contribution in [-0.4, -0.2) is 45.6 Å². The molecular weight excluding hydrogens is 302 g/mol. The first-order valence-corrected chi connectivity index (χ1v) is 7.59. The van der Waals surface area contributed by atoms with E-state index in [0.29, 0.717) is 26.0 Å². The molecule has 126 valence electrons. The molecule has 1 aromatic rings. The second-order valence-corrected chi connectivity index (χ2v) is 5.64. The van der Waals surface area contributed by atoms with Gasteiger partial charge >= 0.3 is 11.7 Å². The summed E-state index contributed by atoms with van der Waals surface area (Å²) in [7, 11) is 2.81. The predicted octanol–water partition coefficient (Wildman–Crippen LogP) is -0.501. The van der Waals surface area contributed by atoms with Crippen LogP contribution in [-0.2, 0) is 23.6 Å². The molecule has 0 aliphatic carbocycles. The Hall–Kier alpha value is -2.38. The van der Waals surface area contributed by atoms with Gasteiger partial charge in [-0.2, -0.15) is 0 Å². The third-order valence-corrected chi connectivity index (χ3v) is 4.01. The highest BCUT2D eigenvalue weighted by Gasteiger charge is 2.31. The SMILES string of the molecule is CCOC(=O)C1CCCN(C(=O)c2cn(C)c(=O)n(C)c2=O)C1. The smallest absolute Gasteiger partial charge is 0.330 e. The Bertz CT molecular complexity index is 734. The van der Waals surface area contributed by atoms with Gasteiger partial charge in [0, 0.05) is 33.4 Å². The molecule has 2 rings (SSSR count). The van der Waals surface area contributed by atoms with Gasteiger partial charge < -0.3 is 14.2 Å². The van der Waals surface area contributed by atoms with Gasteiger partial charge in [0.2, 0.25) is 0 Å². The van der Waals surface area contributed by atoms with Crippen molar-refractivity contribution in [2.75, 3.05) is 19.7 Å². The van der Waals surface area contributed by atoms with Gasteiger partial charge in [0.05, 0.1) is 12.5 Å². The van der Waals surface area contributed by atoms with Gasteiger partial charge in [-0.05, 0) is 19.8 Å². The van der Waals surface area contributed by atoms with Gasteiger partial charge in [-0.3, -0.25) is 19.0 Å². The zero-order valence-electron chi connectivity index (χ0n) is 13.6. The number of aromatic nitrogens is 2. The van der Waals surface area contributed by atoms with Crippen LogP contribution in [0.1, 0.15) is 30.1 Å². The number of rotatable bonds is 3. The number of nitrogens with zero attached hydrogens (tertiary/aromatic N) is 3. The summed E-state index contributed by atoms with van der Waals surface area (Å²) in [5.74, 6) is -1.16. The summed E-state index contributed by atoms with van der Waals surface area (Å²) in [5, 5.41) is 0. The van der Waals surface area contributed by atoms with Gasteiger partial charge in [-0.15, -0.1) is 0 Å². The van der Waals surface area contributed by atoms with Crippen LogP contribution in [0.25, 0.3) is 0 Å². The molecule has 0 radical (unpaired) electrons. The van der Waals surface area contributed by atoms with E-state index in [9.17, 15) is 19.2 Å². The molecule has 8 nitrogen and oxygen atoms in total. The molecule has 0 saturated carbocycles. The molecule has 1 unspecified atom stereocenters. The fourth-order valence-corrected chi connectivity index (χ4v) is 2.74. The van der Waals surface area contributed by atoms with Crippen LogP contribution >= 0.6 is 0 Å². The maximum absolute atomic E-state index is 12.6. The Morgan fingerprint density at radius 2 is 2.00 bits per heavy atom. The summed E-state index contributed by atoms with van der Waals surface area (Å²) in [6, 6.07) is 0. The van der Waals surface area contributed by atoms with Crippen LogP contribution in [0.2, 0.25) is 0 Å². The monoisotopic (exact) mass is 323 g/mol. The van der Waals surface area contributed by atoms with Crippen LogP contribution in [0, 0.1) is 5.92 Å². The van der Waals surface area contributed by atoms with E-state index in [-0.39, 0.29) is 24.0 Å². The fourth-order valence-electron chi connectivity index (χ4n) is 2.74. The standard InChI is InChI=1S/C15H21N3O5/c1-4-23-14(21)10-6-5-7-18(8-10)13(20)11-9-16(2)15(22)17(3)12(11)19/h9-10H,4-8H2,1-3H3. The van der Waals surface area contributed by atoms with E-state index in [1.807, 2.05) is 0 Å². The van der Waals surface area contributed by atoms with Gasteiger partial charge in [0.25, 0.3) is 11.5 Å². The number of ether oxygens (including phenoxy) is 1.